The lowest BCUT2D eigenvalue weighted by molar-refractivity contribution is -0.948. The summed E-state index contributed by atoms with van der Waals surface area (Å²) in [5.41, 5.74) is 0. The lowest BCUT2D eigenvalue weighted by atomic mass is 10.2. The molecular formula is C42H96Cl7F12N8O7+. The molecule has 0 spiro atoms. The van der Waals surface area contributed by atoms with Crippen LogP contribution in [0.5, 0.6) is 0 Å². The largest absolute Gasteiger partial charge is 1.00 e. The van der Waals surface area contributed by atoms with E-state index in [4.69, 9.17) is 0 Å². The van der Waals surface area contributed by atoms with Crippen LogP contribution >= 0.6 is 12.4 Å². The third-order valence-corrected chi connectivity index (χ3v) is 9.04. The van der Waals surface area contributed by atoms with Crippen molar-refractivity contribution in [1.29, 1.82) is 0 Å². The maximum Gasteiger partial charge on any atom is 0.330 e. The summed E-state index contributed by atoms with van der Waals surface area (Å²) < 4.78 is 165. The summed E-state index contributed by atoms with van der Waals surface area (Å²) in [5.74, 6) is -12.7. The van der Waals surface area contributed by atoms with Gasteiger partial charge in [-0.05, 0) is 28.2 Å². The zero-order chi connectivity index (χ0) is 54.3. The third kappa shape index (κ3) is 72.5. The highest BCUT2D eigenvalue weighted by atomic mass is 35.5. The normalized spacial score (nSPS) is 13.9. The van der Waals surface area contributed by atoms with Crippen LogP contribution in [0.15, 0.2) is 0 Å². The van der Waals surface area contributed by atoms with E-state index < -0.39 is 82.3 Å². The molecule has 3 unspecified atom stereocenters. The molecule has 8 N–H and O–H groups in total. The Morgan fingerprint density at radius 1 is 0.513 bits per heavy atom. The number of likely N-dealkylation sites (N-methyl/N-ethyl adjacent to an activating group) is 8. The third-order valence-electron chi connectivity index (χ3n) is 9.04. The molecular weight excluding hydrogens is 1200 g/mol. The van der Waals surface area contributed by atoms with Gasteiger partial charge in [0.05, 0.1) is 97.8 Å². The Kier molecular flexibility index (Phi) is 75.4. The van der Waals surface area contributed by atoms with E-state index in [1.165, 1.54) is 52.4 Å². The summed E-state index contributed by atoms with van der Waals surface area (Å²) in [6, 6.07) is 0. The molecule has 0 radical (unpaired) electrons. The highest BCUT2D eigenvalue weighted by Gasteiger charge is 2.45. The standard InChI is InChI=1S/C18H34F8N2O4.C6H7F4O2.3C6H16N2.7ClH.H2O/c1-27(2,7-13(29)9-31-11-17(23,24)15(19)20)5-6-28(3,4)8-14(30)10-32-12-18(25,26)16(21)22;7-5(8)6(9,10)3-11-1-4-2-12-4;3*1-7(2)5-6-8(3)4;;;;;;;;/h13-16,29-30H,5-12H2,1-4H3;2,4-5H,1,3H2;3*5-6H2,1-4H3;7*1H;1H2/q+2;+1;;;;;;;;;;;/p-2. The van der Waals surface area contributed by atoms with Crippen LogP contribution in [0.1, 0.15) is 0 Å². The fourth-order valence-electron chi connectivity index (χ4n) is 4.67. The molecule has 478 valence electrons. The Morgan fingerprint density at radius 2 is 0.737 bits per heavy atom. The average Bonchev–Trinajstić information content (AvgIpc) is 3.99. The molecule has 34 heteroatoms. The van der Waals surface area contributed by atoms with Gasteiger partial charge in [0, 0.05) is 13.1 Å². The van der Waals surface area contributed by atoms with Gasteiger partial charge in [-0.15, -0.1) is 17.1 Å². The Balaban J connectivity index is -0.0000000769. The van der Waals surface area contributed by atoms with Crippen LogP contribution in [0.2, 0.25) is 0 Å². The number of halogens is 19. The monoisotopic (exact) mass is 1300 g/mol. The van der Waals surface area contributed by atoms with Gasteiger partial charge in [0.25, 0.3) is 12.7 Å². The molecule has 1 aliphatic heterocycles. The van der Waals surface area contributed by atoms with Crippen LogP contribution < -0.4 is 94.0 Å². The lowest BCUT2D eigenvalue weighted by Gasteiger charge is -2.37. The van der Waals surface area contributed by atoms with Crippen LogP contribution in [0.25, 0.3) is 0 Å². The van der Waals surface area contributed by atoms with Crippen LogP contribution in [0.3, 0.4) is 0 Å². The summed E-state index contributed by atoms with van der Waals surface area (Å²) >= 11 is 0. The van der Waals surface area contributed by atoms with Crippen molar-refractivity contribution in [1.82, 2.24) is 9.80 Å². The van der Waals surface area contributed by atoms with Crippen molar-refractivity contribution in [3.63, 3.8) is 0 Å². The number of nitrogens with one attached hydrogen (secondary N) is 4. The Labute approximate surface area is 490 Å². The molecule has 1 fully saturated rings. The second kappa shape index (κ2) is 54.7. The first-order chi connectivity index (χ1) is 30.7. The first kappa shape index (κ1) is 105. The summed E-state index contributed by atoms with van der Waals surface area (Å²) in [5, 5.41) is 19.9. The molecule has 1 rings (SSSR count). The second-order valence-electron chi connectivity index (χ2n) is 20.0. The van der Waals surface area contributed by atoms with Crippen LogP contribution in [0, 0.1) is 6.61 Å². The van der Waals surface area contributed by atoms with Gasteiger partial charge < -0.3 is 143 Å². The predicted molar refractivity (Wildman–Crippen MR) is 249 cm³/mol. The van der Waals surface area contributed by atoms with Crippen molar-refractivity contribution in [2.24, 2.45) is 0 Å². The minimum atomic E-state index is -4.30. The number of ether oxygens (including phenoxy) is 4. The number of rotatable bonds is 31. The number of hydrogen-bond acceptors (Lipinski definition) is 8. The molecule has 0 aliphatic carbocycles. The molecule has 15 nitrogen and oxygen atoms in total. The maximum atomic E-state index is 12.8. The van der Waals surface area contributed by atoms with E-state index >= 15 is 0 Å². The number of hydrogen-bond donors (Lipinski definition) is 6. The van der Waals surface area contributed by atoms with Crippen molar-refractivity contribution in [2.75, 3.05) is 218 Å². The second-order valence-corrected chi connectivity index (χ2v) is 20.0. The van der Waals surface area contributed by atoms with Gasteiger partial charge in [-0.2, -0.15) is 26.3 Å². The molecule has 1 heterocycles. The van der Waals surface area contributed by atoms with E-state index in [9.17, 15) is 62.9 Å². The highest BCUT2D eigenvalue weighted by Crippen LogP contribution is 2.25. The summed E-state index contributed by atoms with van der Waals surface area (Å²) in [6.45, 7) is 4.22. The molecule has 1 saturated heterocycles. The van der Waals surface area contributed by atoms with Gasteiger partial charge in [0.1, 0.15) is 91.0 Å². The fraction of sp³-hybridized carbons (Fsp3) is 0.976. The van der Waals surface area contributed by atoms with Crippen LogP contribution in [-0.2, 0) is 18.9 Å². The van der Waals surface area contributed by atoms with E-state index in [2.05, 4.69) is 113 Å². The van der Waals surface area contributed by atoms with Crippen molar-refractivity contribution < 1.29 is 190 Å². The van der Waals surface area contributed by atoms with Gasteiger partial charge >= 0.3 is 37.0 Å². The van der Waals surface area contributed by atoms with E-state index in [1.54, 1.807) is 28.2 Å². The first-order valence-corrected chi connectivity index (χ1v) is 22.4. The summed E-state index contributed by atoms with van der Waals surface area (Å²) in [4.78, 5) is 10.5. The lowest BCUT2D eigenvalue weighted by Crippen LogP contribution is -3.14. The van der Waals surface area contributed by atoms with Crippen molar-refractivity contribution >= 4 is 12.4 Å². The van der Waals surface area contributed by atoms with Gasteiger partial charge in [-0.1, -0.05) is 0 Å². The highest BCUT2D eigenvalue weighted by molar-refractivity contribution is 5.85. The smallest absolute Gasteiger partial charge is 0.330 e. The fourth-order valence-corrected chi connectivity index (χ4v) is 4.67. The van der Waals surface area contributed by atoms with Crippen LogP contribution in [-0.4, -0.2) is 308 Å². The molecule has 0 aromatic carbocycles. The van der Waals surface area contributed by atoms with E-state index in [0.717, 1.165) is 13.1 Å². The molecule has 0 amide bonds. The molecule has 0 saturated carbocycles. The van der Waals surface area contributed by atoms with Crippen molar-refractivity contribution in [2.45, 2.75) is 55.4 Å². The van der Waals surface area contributed by atoms with Crippen LogP contribution in [0.4, 0.5) is 52.7 Å². The molecule has 0 bridgehead atoms. The number of epoxide rings is 1. The molecule has 76 heavy (non-hydrogen) atoms. The summed E-state index contributed by atoms with van der Waals surface area (Å²) in [6.07, 6.45) is -14.1. The van der Waals surface area contributed by atoms with Gasteiger partial charge in [0.2, 0.25) is 0 Å². The SMILES string of the molecule is CN(C)CCN(C)C.C[N+](C)(CC[N+](C)(C)CC(O)COCC(F)(F)C(F)F)CC(O)COCC(F)(F)C(F)F.C[NH+](C)CC[NH+](C)C.C[NH+](C)CC[NH+](C)C.Cl.FC(F)C(F)(F)COCC1[CH+]O1.O.[Cl-].[Cl-].[Cl-].[Cl-].[Cl-].[Cl-]. The number of alkyl halides is 12. The van der Waals surface area contributed by atoms with Gasteiger partial charge in [-0.3, -0.25) is 0 Å². The van der Waals surface area contributed by atoms with Crippen molar-refractivity contribution in [3.05, 3.63) is 6.61 Å². The Hall–Kier alpha value is 0.460. The topological polar surface area (TPSA) is 136 Å². The minimum Gasteiger partial charge on any atom is -1.00 e. The summed E-state index contributed by atoms with van der Waals surface area (Å²) in [7, 11) is 32.7. The molecule has 1 aliphatic rings. The van der Waals surface area contributed by atoms with Gasteiger partial charge in [0.15, 0.2) is 0 Å². The Bertz CT molecular complexity index is 1110. The molecule has 3 atom stereocenters. The van der Waals surface area contributed by atoms with Gasteiger partial charge in [-0.25, -0.2) is 26.3 Å². The minimum absolute atomic E-state index is 0. The first-order valence-electron chi connectivity index (χ1n) is 22.4. The number of nitrogens with zero attached hydrogens (tertiary/aromatic N) is 4. The van der Waals surface area contributed by atoms with Crippen molar-refractivity contribution in [3.8, 4) is 0 Å². The molecule has 0 aromatic heterocycles. The van der Waals surface area contributed by atoms with E-state index in [0.29, 0.717) is 13.1 Å². The zero-order valence-electron chi connectivity index (χ0n) is 46.9. The predicted octanol–water partition coefficient (Wildman–Crippen LogP) is -20.6. The quantitative estimate of drug-likeness (QED) is 0.0175. The Morgan fingerprint density at radius 3 is 0.921 bits per heavy atom. The average molecular weight is 1300 g/mol. The number of aliphatic hydroxyl groups excluding tert-OH is 2. The number of aliphatic hydroxyl groups is 2. The van der Waals surface area contributed by atoms with E-state index in [-0.39, 0.29) is 127 Å². The maximum absolute atomic E-state index is 12.8. The number of quaternary nitrogens is 6. The zero-order valence-corrected chi connectivity index (χ0v) is 52.2. The van der Waals surface area contributed by atoms with E-state index in [1.807, 2.05) is 0 Å². The molecule has 0 aromatic rings.